The third kappa shape index (κ3) is 2.90. The highest BCUT2D eigenvalue weighted by Gasteiger charge is 2.32. The number of hydrogen-bond acceptors (Lipinski definition) is 4. The molecule has 0 bridgehead atoms. The number of pyridine rings is 1. The van der Waals surface area contributed by atoms with Gasteiger partial charge in [-0.3, -0.25) is 14.1 Å². The van der Waals surface area contributed by atoms with Crippen molar-refractivity contribution in [1.29, 1.82) is 0 Å². The first-order chi connectivity index (χ1) is 11.7. The van der Waals surface area contributed by atoms with E-state index in [1.165, 1.54) is 6.42 Å². The molecule has 0 saturated carbocycles. The number of fused-ring (bicyclic) bond motifs is 1. The van der Waals surface area contributed by atoms with Gasteiger partial charge in [0, 0.05) is 19.3 Å². The predicted molar refractivity (Wildman–Crippen MR) is 91.5 cm³/mol. The van der Waals surface area contributed by atoms with Crippen molar-refractivity contribution in [1.82, 2.24) is 24.4 Å². The molecule has 4 heterocycles. The van der Waals surface area contributed by atoms with Crippen LogP contribution in [0.2, 0.25) is 0 Å². The molecule has 2 fully saturated rings. The summed E-state index contributed by atoms with van der Waals surface area (Å²) in [5.74, 6) is 1.85. The maximum Gasteiger partial charge on any atom is 0.236 e. The Bertz CT molecular complexity index is 727. The van der Waals surface area contributed by atoms with Gasteiger partial charge >= 0.3 is 0 Å². The van der Waals surface area contributed by atoms with Gasteiger partial charge in [-0.1, -0.05) is 13.0 Å². The van der Waals surface area contributed by atoms with Gasteiger partial charge < -0.3 is 4.90 Å². The van der Waals surface area contributed by atoms with Crippen LogP contribution in [-0.4, -0.2) is 56.5 Å². The highest BCUT2D eigenvalue weighted by Crippen LogP contribution is 2.31. The average Bonchev–Trinajstić information content (AvgIpc) is 3.21. The van der Waals surface area contributed by atoms with Crippen molar-refractivity contribution in [3.05, 3.63) is 30.2 Å². The normalized spacial score (nSPS) is 25.5. The average molecular weight is 327 g/mol. The van der Waals surface area contributed by atoms with E-state index in [1.54, 1.807) is 0 Å². The maximum atomic E-state index is 12.7. The van der Waals surface area contributed by atoms with Crippen molar-refractivity contribution in [2.45, 2.75) is 38.6 Å². The van der Waals surface area contributed by atoms with Crippen LogP contribution >= 0.6 is 0 Å². The lowest BCUT2D eigenvalue weighted by Gasteiger charge is -2.33. The molecular formula is C18H25N5O. The van der Waals surface area contributed by atoms with Crippen molar-refractivity contribution < 1.29 is 4.79 Å². The molecular weight excluding hydrogens is 302 g/mol. The molecule has 6 heteroatoms. The fourth-order valence-electron chi connectivity index (χ4n) is 4.08. The zero-order chi connectivity index (χ0) is 16.5. The highest BCUT2D eigenvalue weighted by molar-refractivity contribution is 5.78. The molecule has 2 aliphatic heterocycles. The Hall–Kier alpha value is -1.95. The number of nitrogens with zero attached hydrogens (tertiary/aromatic N) is 5. The molecule has 4 rings (SSSR count). The van der Waals surface area contributed by atoms with Crippen LogP contribution < -0.4 is 0 Å². The van der Waals surface area contributed by atoms with Gasteiger partial charge in [-0.25, -0.2) is 0 Å². The second kappa shape index (κ2) is 6.51. The largest absolute Gasteiger partial charge is 0.341 e. The van der Waals surface area contributed by atoms with Crippen molar-refractivity contribution in [3.63, 3.8) is 0 Å². The molecule has 0 N–H and O–H groups in total. The Labute approximate surface area is 142 Å². The van der Waals surface area contributed by atoms with Gasteiger partial charge in [-0.05, 0) is 50.3 Å². The summed E-state index contributed by atoms with van der Waals surface area (Å²) in [6, 6.07) is 6.13. The molecule has 2 aromatic rings. The lowest BCUT2D eigenvalue weighted by Crippen LogP contribution is -2.44. The first-order valence-corrected chi connectivity index (χ1v) is 9.04. The lowest BCUT2D eigenvalue weighted by atomic mass is 10.0. The fourth-order valence-corrected chi connectivity index (χ4v) is 4.08. The third-order valence-corrected chi connectivity index (χ3v) is 5.35. The Morgan fingerprint density at radius 3 is 2.96 bits per heavy atom. The quantitative estimate of drug-likeness (QED) is 0.866. The molecule has 2 aliphatic rings. The Balaban J connectivity index is 1.50. The highest BCUT2D eigenvalue weighted by atomic mass is 16.2. The first kappa shape index (κ1) is 15.6. The fraction of sp³-hybridized carbons (Fsp3) is 0.611. The van der Waals surface area contributed by atoms with Crippen LogP contribution in [0.25, 0.3) is 5.65 Å². The summed E-state index contributed by atoms with van der Waals surface area (Å²) in [5.41, 5.74) is 0.871. The smallest absolute Gasteiger partial charge is 0.236 e. The topological polar surface area (TPSA) is 53.7 Å². The van der Waals surface area contributed by atoms with E-state index >= 15 is 0 Å². The van der Waals surface area contributed by atoms with Gasteiger partial charge in [0.2, 0.25) is 5.91 Å². The molecule has 2 atom stereocenters. The monoisotopic (exact) mass is 327 g/mol. The second-order valence-corrected chi connectivity index (χ2v) is 7.20. The molecule has 0 radical (unpaired) electrons. The standard InChI is InChI=1S/C18H25N5O/c1-14-6-4-10-22(12-14)17(24)13-21-9-5-7-15(21)18-20-19-16-8-2-3-11-23(16)18/h2-3,8,11,14-15H,4-7,9-10,12-13H2,1H3/t14-,15+/m1/s1. The predicted octanol–water partition coefficient (Wildman–Crippen LogP) is 2.12. The molecule has 2 aromatic heterocycles. The van der Waals surface area contributed by atoms with Gasteiger partial charge in [-0.15, -0.1) is 10.2 Å². The van der Waals surface area contributed by atoms with Crippen LogP contribution in [0.15, 0.2) is 24.4 Å². The Morgan fingerprint density at radius 1 is 1.21 bits per heavy atom. The minimum absolute atomic E-state index is 0.188. The third-order valence-electron chi connectivity index (χ3n) is 5.35. The second-order valence-electron chi connectivity index (χ2n) is 7.20. The molecule has 0 aliphatic carbocycles. The van der Waals surface area contributed by atoms with Gasteiger partial charge in [-0.2, -0.15) is 0 Å². The number of piperidine rings is 1. The molecule has 0 spiro atoms. The van der Waals surface area contributed by atoms with E-state index in [9.17, 15) is 4.79 Å². The number of carbonyl (C=O) groups excluding carboxylic acids is 1. The molecule has 0 unspecified atom stereocenters. The number of likely N-dealkylation sites (tertiary alicyclic amines) is 2. The first-order valence-electron chi connectivity index (χ1n) is 9.04. The number of hydrogen-bond donors (Lipinski definition) is 0. The van der Waals surface area contributed by atoms with E-state index in [1.807, 2.05) is 29.3 Å². The number of amides is 1. The van der Waals surface area contributed by atoms with E-state index in [-0.39, 0.29) is 11.9 Å². The van der Waals surface area contributed by atoms with Crippen molar-refractivity contribution in [2.24, 2.45) is 5.92 Å². The molecule has 1 amide bonds. The van der Waals surface area contributed by atoms with Gasteiger partial charge in [0.05, 0.1) is 12.6 Å². The van der Waals surface area contributed by atoms with Crippen LogP contribution in [0, 0.1) is 5.92 Å². The minimum Gasteiger partial charge on any atom is -0.341 e. The molecule has 128 valence electrons. The zero-order valence-corrected chi connectivity index (χ0v) is 14.3. The molecule has 2 saturated heterocycles. The number of carbonyl (C=O) groups is 1. The van der Waals surface area contributed by atoms with Crippen LogP contribution in [0.5, 0.6) is 0 Å². The van der Waals surface area contributed by atoms with Crippen molar-refractivity contribution >= 4 is 11.6 Å². The van der Waals surface area contributed by atoms with Crippen LogP contribution in [0.1, 0.15) is 44.5 Å². The molecule has 0 aromatic carbocycles. The summed E-state index contributed by atoms with van der Waals surface area (Å²) in [6.07, 6.45) is 6.53. The van der Waals surface area contributed by atoms with Gasteiger partial charge in [0.1, 0.15) is 0 Å². The number of rotatable bonds is 3. The van der Waals surface area contributed by atoms with E-state index < -0.39 is 0 Å². The lowest BCUT2D eigenvalue weighted by molar-refractivity contribution is -0.134. The molecule has 24 heavy (non-hydrogen) atoms. The Kier molecular flexibility index (Phi) is 4.22. The number of aromatic nitrogens is 3. The van der Waals surface area contributed by atoms with E-state index in [0.717, 1.165) is 50.4 Å². The summed E-state index contributed by atoms with van der Waals surface area (Å²) in [4.78, 5) is 17.0. The summed E-state index contributed by atoms with van der Waals surface area (Å²) < 4.78 is 2.05. The Morgan fingerprint density at radius 2 is 2.08 bits per heavy atom. The van der Waals surface area contributed by atoms with Crippen LogP contribution in [-0.2, 0) is 4.79 Å². The van der Waals surface area contributed by atoms with Crippen molar-refractivity contribution in [2.75, 3.05) is 26.2 Å². The zero-order valence-electron chi connectivity index (χ0n) is 14.3. The van der Waals surface area contributed by atoms with E-state index in [4.69, 9.17) is 0 Å². The van der Waals surface area contributed by atoms with E-state index in [2.05, 4.69) is 26.4 Å². The van der Waals surface area contributed by atoms with Crippen LogP contribution in [0.3, 0.4) is 0 Å². The summed E-state index contributed by atoms with van der Waals surface area (Å²) in [5, 5.41) is 8.67. The van der Waals surface area contributed by atoms with E-state index in [0.29, 0.717) is 12.5 Å². The van der Waals surface area contributed by atoms with Gasteiger partial charge in [0.25, 0.3) is 0 Å². The van der Waals surface area contributed by atoms with Crippen LogP contribution in [0.4, 0.5) is 0 Å². The summed E-state index contributed by atoms with van der Waals surface area (Å²) >= 11 is 0. The molecule has 6 nitrogen and oxygen atoms in total. The van der Waals surface area contributed by atoms with Crippen molar-refractivity contribution in [3.8, 4) is 0 Å². The maximum absolute atomic E-state index is 12.7. The summed E-state index contributed by atoms with van der Waals surface area (Å²) in [7, 11) is 0. The SMILES string of the molecule is C[C@@H]1CCCN(C(=O)CN2CCC[C@H]2c2nnc3ccccn23)C1. The van der Waals surface area contributed by atoms with Gasteiger partial charge in [0.15, 0.2) is 11.5 Å². The summed E-state index contributed by atoms with van der Waals surface area (Å²) in [6.45, 7) is 5.52. The minimum atomic E-state index is 0.188.